The number of hydrogen-bond acceptors (Lipinski definition) is 5. The van der Waals surface area contributed by atoms with Crippen LogP contribution in [-0.4, -0.2) is 22.5 Å². The number of carbonyl (C=O) groups is 1. The highest BCUT2D eigenvalue weighted by molar-refractivity contribution is 7.22. The lowest BCUT2D eigenvalue weighted by molar-refractivity contribution is -0.118. The van der Waals surface area contributed by atoms with Crippen molar-refractivity contribution in [1.82, 2.24) is 9.97 Å². The second-order valence-electron chi connectivity index (χ2n) is 6.10. The molecule has 4 aromatic rings. The van der Waals surface area contributed by atoms with Gasteiger partial charge in [-0.3, -0.25) is 10.1 Å². The molecule has 1 amide bonds. The zero-order chi connectivity index (χ0) is 18.1. The van der Waals surface area contributed by atoms with Crippen molar-refractivity contribution < 1.29 is 9.53 Å². The van der Waals surface area contributed by atoms with Gasteiger partial charge in [0.25, 0.3) is 5.91 Å². The molecule has 2 aromatic heterocycles. The second-order valence-corrected chi connectivity index (χ2v) is 7.10. The van der Waals surface area contributed by atoms with Gasteiger partial charge >= 0.3 is 0 Å². The first-order chi connectivity index (χ1) is 12.6. The average molecular weight is 363 g/mol. The van der Waals surface area contributed by atoms with E-state index in [0.29, 0.717) is 16.5 Å². The van der Waals surface area contributed by atoms with E-state index in [2.05, 4.69) is 15.3 Å². The molecule has 0 atom stereocenters. The van der Waals surface area contributed by atoms with Crippen molar-refractivity contribution in [2.24, 2.45) is 0 Å². The van der Waals surface area contributed by atoms with Gasteiger partial charge in [0.05, 0.1) is 4.70 Å². The third-order valence-electron chi connectivity index (χ3n) is 4.01. The molecule has 2 aromatic carbocycles. The fourth-order valence-electron chi connectivity index (χ4n) is 2.84. The number of nitrogens with one attached hydrogen (secondary N) is 1. The Labute approximate surface area is 154 Å². The Hall–Kier alpha value is -2.99. The zero-order valence-corrected chi connectivity index (χ0v) is 15.3. The summed E-state index contributed by atoms with van der Waals surface area (Å²) in [4.78, 5) is 21.0. The molecule has 0 fully saturated rings. The summed E-state index contributed by atoms with van der Waals surface area (Å²) in [6.45, 7) is 3.88. The summed E-state index contributed by atoms with van der Waals surface area (Å²) in [6.07, 6.45) is 0. The number of aromatic nitrogens is 2. The summed E-state index contributed by atoms with van der Waals surface area (Å²) in [5.74, 6) is 0.419. The van der Waals surface area contributed by atoms with E-state index in [1.165, 1.54) is 11.3 Å². The van der Waals surface area contributed by atoms with Crippen LogP contribution < -0.4 is 10.1 Å². The van der Waals surface area contributed by atoms with Crippen molar-refractivity contribution in [3.63, 3.8) is 0 Å². The first kappa shape index (κ1) is 16.5. The van der Waals surface area contributed by atoms with Crippen molar-refractivity contribution in [3.8, 4) is 5.75 Å². The highest BCUT2D eigenvalue weighted by Gasteiger charge is 2.11. The second kappa shape index (κ2) is 6.72. The number of nitrogens with zero attached hydrogens (tertiary/aromatic N) is 2. The molecule has 0 unspecified atom stereocenters. The lowest BCUT2D eigenvalue weighted by atomic mass is 10.1. The minimum atomic E-state index is -0.244. The van der Waals surface area contributed by atoms with Gasteiger partial charge in [-0.05, 0) is 48.4 Å². The Bertz CT molecular complexity index is 1120. The molecule has 4 rings (SSSR count). The predicted octanol–water partition coefficient (Wildman–Crippen LogP) is 4.48. The summed E-state index contributed by atoms with van der Waals surface area (Å²) in [5.41, 5.74) is 2.69. The number of carbonyl (C=O) groups excluding carboxylic acids is 1. The number of ether oxygens (including phenoxy) is 1. The maximum atomic E-state index is 12.2. The summed E-state index contributed by atoms with van der Waals surface area (Å²) in [5, 5.41) is 5.54. The van der Waals surface area contributed by atoms with Gasteiger partial charge in [0.1, 0.15) is 5.75 Å². The Kier molecular flexibility index (Phi) is 4.26. The van der Waals surface area contributed by atoms with E-state index in [1.54, 1.807) is 0 Å². The summed E-state index contributed by atoms with van der Waals surface area (Å²) in [7, 11) is 0. The van der Waals surface area contributed by atoms with E-state index in [0.717, 1.165) is 26.7 Å². The standard InChI is InChI=1S/C20H17N3O2S/c1-12-9-13(2)21-19-18(12)26-20(23-19)22-17(24)11-25-16-8-7-14-5-3-4-6-15(14)10-16/h3-10H,11H2,1-2H3,(H,21,22,23,24). The number of pyridine rings is 1. The fraction of sp³-hybridized carbons (Fsp3) is 0.150. The SMILES string of the molecule is Cc1cc(C)c2sc(NC(=O)COc3ccc4ccccc4c3)nc2n1. The van der Waals surface area contributed by atoms with Crippen LogP contribution in [0.1, 0.15) is 11.3 Å². The van der Waals surface area contributed by atoms with Crippen LogP contribution in [0.15, 0.2) is 48.5 Å². The van der Waals surface area contributed by atoms with Gasteiger partial charge in [-0.25, -0.2) is 4.98 Å². The lowest BCUT2D eigenvalue weighted by Gasteiger charge is -2.07. The third-order valence-corrected chi connectivity index (χ3v) is 5.11. The smallest absolute Gasteiger partial charge is 0.264 e. The molecular formula is C20H17N3O2S. The molecule has 26 heavy (non-hydrogen) atoms. The van der Waals surface area contributed by atoms with E-state index >= 15 is 0 Å². The highest BCUT2D eigenvalue weighted by atomic mass is 32.1. The van der Waals surface area contributed by atoms with Crippen molar-refractivity contribution in [2.75, 3.05) is 11.9 Å². The summed E-state index contributed by atoms with van der Waals surface area (Å²) in [6, 6.07) is 15.8. The van der Waals surface area contributed by atoms with Crippen molar-refractivity contribution in [2.45, 2.75) is 13.8 Å². The molecular weight excluding hydrogens is 346 g/mol. The molecule has 0 radical (unpaired) electrons. The quantitative estimate of drug-likeness (QED) is 0.581. The van der Waals surface area contributed by atoms with Crippen LogP contribution in [0.5, 0.6) is 5.75 Å². The molecule has 0 aliphatic rings. The van der Waals surface area contributed by atoms with Crippen molar-refractivity contribution in [3.05, 3.63) is 59.8 Å². The van der Waals surface area contributed by atoms with Crippen LogP contribution in [0, 0.1) is 13.8 Å². The number of anilines is 1. The largest absolute Gasteiger partial charge is 0.484 e. The van der Waals surface area contributed by atoms with E-state index in [1.807, 2.05) is 62.4 Å². The minimum Gasteiger partial charge on any atom is -0.484 e. The molecule has 0 aliphatic heterocycles. The van der Waals surface area contributed by atoms with Gasteiger partial charge < -0.3 is 4.74 Å². The summed E-state index contributed by atoms with van der Waals surface area (Å²) >= 11 is 1.42. The fourth-order valence-corrected chi connectivity index (χ4v) is 3.73. The number of aryl methyl sites for hydroxylation is 2. The number of benzene rings is 2. The van der Waals surface area contributed by atoms with E-state index in [9.17, 15) is 4.79 Å². The van der Waals surface area contributed by atoms with Crippen molar-refractivity contribution in [1.29, 1.82) is 0 Å². The van der Waals surface area contributed by atoms with Crippen molar-refractivity contribution >= 4 is 43.5 Å². The van der Waals surface area contributed by atoms with E-state index in [4.69, 9.17) is 4.74 Å². The Morgan fingerprint density at radius 3 is 2.73 bits per heavy atom. The molecule has 0 saturated heterocycles. The zero-order valence-electron chi connectivity index (χ0n) is 14.4. The van der Waals surface area contributed by atoms with Crippen LogP contribution in [-0.2, 0) is 4.79 Å². The van der Waals surface area contributed by atoms with Gasteiger partial charge in [-0.15, -0.1) is 0 Å². The molecule has 0 saturated carbocycles. The first-order valence-corrected chi connectivity index (χ1v) is 9.06. The molecule has 1 N–H and O–H groups in total. The van der Waals surface area contributed by atoms with Gasteiger partial charge in [0.15, 0.2) is 17.4 Å². The van der Waals surface area contributed by atoms with Crippen LogP contribution in [0.2, 0.25) is 0 Å². The first-order valence-electron chi connectivity index (χ1n) is 8.25. The number of thiazole rings is 1. The normalized spacial score (nSPS) is 11.0. The van der Waals surface area contributed by atoms with Crippen LogP contribution in [0.3, 0.4) is 0 Å². The Balaban J connectivity index is 1.44. The Morgan fingerprint density at radius 2 is 1.88 bits per heavy atom. The van der Waals surface area contributed by atoms with Gasteiger partial charge in [0, 0.05) is 5.69 Å². The minimum absolute atomic E-state index is 0.0697. The molecule has 5 nitrogen and oxygen atoms in total. The number of rotatable bonds is 4. The van der Waals surface area contributed by atoms with Gasteiger partial charge in [-0.2, -0.15) is 4.98 Å². The monoisotopic (exact) mass is 363 g/mol. The van der Waals surface area contributed by atoms with E-state index in [-0.39, 0.29) is 12.5 Å². The third kappa shape index (κ3) is 3.36. The highest BCUT2D eigenvalue weighted by Crippen LogP contribution is 2.28. The Morgan fingerprint density at radius 1 is 1.08 bits per heavy atom. The molecule has 0 bridgehead atoms. The van der Waals surface area contributed by atoms with Crippen LogP contribution >= 0.6 is 11.3 Å². The molecule has 0 spiro atoms. The number of hydrogen-bond donors (Lipinski definition) is 1. The number of amides is 1. The topological polar surface area (TPSA) is 64.1 Å². The maximum Gasteiger partial charge on any atom is 0.264 e. The average Bonchev–Trinajstić information content (AvgIpc) is 3.02. The van der Waals surface area contributed by atoms with Gasteiger partial charge in [-0.1, -0.05) is 41.7 Å². The summed E-state index contributed by atoms with van der Waals surface area (Å²) < 4.78 is 6.60. The van der Waals surface area contributed by atoms with Crippen LogP contribution in [0.4, 0.5) is 5.13 Å². The molecule has 0 aliphatic carbocycles. The lowest BCUT2D eigenvalue weighted by Crippen LogP contribution is -2.20. The number of fused-ring (bicyclic) bond motifs is 2. The predicted molar refractivity (Wildman–Crippen MR) is 105 cm³/mol. The maximum absolute atomic E-state index is 12.2. The van der Waals surface area contributed by atoms with Gasteiger partial charge in [0.2, 0.25) is 0 Å². The van der Waals surface area contributed by atoms with Crippen LogP contribution in [0.25, 0.3) is 21.1 Å². The van der Waals surface area contributed by atoms with E-state index < -0.39 is 0 Å². The molecule has 6 heteroatoms. The molecule has 2 heterocycles. The molecule has 130 valence electrons.